The lowest BCUT2D eigenvalue weighted by atomic mass is 10.0. The van der Waals surface area contributed by atoms with Gasteiger partial charge in [0.2, 0.25) is 0 Å². The summed E-state index contributed by atoms with van der Waals surface area (Å²) in [5, 5.41) is 5.58. The lowest BCUT2D eigenvalue weighted by Gasteiger charge is -2.17. The van der Waals surface area contributed by atoms with Crippen molar-refractivity contribution in [2.45, 2.75) is 18.9 Å². The van der Waals surface area contributed by atoms with E-state index in [4.69, 9.17) is 29.0 Å². The summed E-state index contributed by atoms with van der Waals surface area (Å²) < 4.78 is 0. The first-order valence-electron chi connectivity index (χ1n) is 5.63. The van der Waals surface area contributed by atoms with Crippen LogP contribution in [0.2, 0.25) is 10.0 Å². The van der Waals surface area contributed by atoms with Crippen molar-refractivity contribution >= 4 is 34.5 Å². The van der Waals surface area contributed by atoms with E-state index in [2.05, 4.69) is 22.3 Å². The third-order valence-corrected chi connectivity index (χ3v) is 4.15. The Hall–Kier alpha value is -0.580. The van der Waals surface area contributed by atoms with Crippen molar-refractivity contribution in [3.05, 3.63) is 56.2 Å². The van der Waals surface area contributed by atoms with Gasteiger partial charge < -0.3 is 0 Å². The zero-order valence-corrected chi connectivity index (χ0v) is 12.0. The second-order valence-electron chi connectivity index (χ2n) is 4.06. The van der Waals surface area contributed by atoms with E-state index in [9.17, 15) is 0 Å². The maximum Gasteiger partial charge on any atom is 0.0478 e. The van der Waals surface area contributed by atoms with E-state index in [0.717, 1.165) is 18.4 Å². The maximum absolute atomic E-state index is 6.18. The molecule has 3 N–H and O–H groups in total. The van der Waals surface area contributed by atoms with Gasteiger partial charge in [0.1, 0.15) is 0 Å². The molecule has 1 unspecified atom stereocenters. The molecule has 0 radical (unpaired) electrons. The van der Waals surface area contributed by atoms with Gasteiger partial charge in [-0.2, -0.15) is 11.3 Å². The minimum Gasteiger partial charge on any atom is -0.271 e. The Morgan fingerprint density at radius 1 is 1.28 bits per heavy atom. The molecule has 0 aliphatic carbocycles. The van der Waals surface area contributed by atoms with Crippen LogP contribution in [-0.2, 0) is 6.42 Å². The smallest absolute Gasteiger partial charge is 0.0478 e. The first-order valence-corrected chi connectivity index (χ1v) is 7.32. The number of hydrogen-bond acceptors (Lipinski definition) is 3. The standard InChI is InChI=1S/C13H14Cl2N2S/c14-10-2-3-12(15)11(7-10)13(17-16)4-1-9-5-6-18-8-9/h2-3,5-8,13,17H,1,4,16H2. The molecule has 0 amide bonds. The summed E-state index contributed by atoms with van der Waals surface area (Å²) in [6.45, 7) is 0. The monoisotopic (exact) mass is 300 g/mol. The van der Waals surface area contributed by atoms with E-state index in [1.54, 1.807) is 23.5 Å². The van der Waals surface area contributed by atoms with Gasteiger partial charge in [-0.3, -0.25) is 11.3 Å². The number of nitrogens with one attached hydrogen (secondary N) is 1. The number of hydrogen-bond donors (Lipinski definition) is 2. The Morgan fingerprint density at radius 3 is 2.78 bits per heavy atom. The number of rotatable bonds is 5. The summed E-state index contributed by atoms with van der Waals surface area (Å²) >= 11 is 13.9. The highest BCUT2D eigenvalue weighted by atomic mass is 35.5. The van der Waals surface area contributed by atoms with Gasteiger partial charge in [-0.1, -0.05) is 23.2 Å². The highest BCUT2D eigenvalue weighted by molar-refractivity contribution is 7.07. The van der Waals surface area contributed by atoms with E-state index < -0.39 is 0 Å². The highest BCUT2D eigenvalue weighted by Gasteiger charge is 2.14. The molecular formula is C13H14Cl2N2S. The second-order valence-corrected chi connectivity index (χ2v) is 5.68. The van der Waals surface area contributed by atoms with Crippen LogP contribution in [0, 0.1) is 0 Å². The Bertz CT molecular complexity index is 500. The Kier molecular flexibility index (Phi) is 5.03. The number of nitrogens with two attached hydrogens (primary N) is 1. The second kappa shape index (κ2) is 6.55. The molecule has 0 aliphatic heterocycles. The van der Waals surface area contributed by atoms with Crippen LogP contribution in [0.1, 0.15) is 23.6 Å². The van der Waals surface area contributed by atoms with E-state index in [1.807, 2.05) is 6.07 Å². The summed E-state index contributed by atoms with van der Waals surface area (Å²) in [6.07, 6.45) is 1.84. The molecule has 0 aliphatic rings. The molecule has 0 saturated heterocycles. The number of benzene rings is 1. The first-order chi connectivity index (χ1) is 8.70. The lowest BCUT2D eigenvalue weighted by molar-refractivity contribution is 0.517. The van der Waals surface area contributed by atoms with Crippen molar-refractivity contribution in [1.82, 2.24) is 5.43 Å². The van der Waals surface area contributed by atoms with Crippen LogP contribution < -0.4 is 11.3 Å². The minimum atomic E-state index is 0.0103. The van der Waals surface area contributed by atoms with Crippen LogP contribution in [0.5, 0.6) is 0 Å². The zero-order chi connectivity index (χ0) is 13.0. The number of thiophene rings is 1. The van der Waals surface area contributed by atoms with Crippen LogP contribution in [0.4, 0.5) is 0 Å². The molecule has 5 heteroatoms. The summed E-state index contributed by atoms with van der Waals surface area (Å²) in [5.41, 5.74) is 5.07. The predicted octanol–water partition coefficient (Wildman–Crippen LogP) is 4.19. The third-order valence-electron chi connectivity index (χ3n) is 2.84. The summed E-state index contributed by atoms with van der Waals surface area (Å²) in [7, 11) is 0. The largest absolute Gasteiger partial charge is 0.271 e. The number of hydrazine groups is 1. The first kappa shape index (κ1) is 13.8. The van der Waals surface area contributed by atoms with E-state index >= 15 is 0 Å². The van der Waals surface area contributed by atoms with E-state index in [0.29, 0.717) is 10.0 Å². The molecule has 0 bridgehead atoms. The van der Waals surface area contributed by atoms with Crippen molar-refractivity contribution < 1.29 is 0 Å². The Morgan fingerprint density at radius 2 is 2.11 bits per heavy atom. The van der Waals surface area contributed by atoms with Crippen LogP contribution in [0.15, 0.2) is 35.0 Å². The SMILES string of the molecule is NNC(CCc1ccsc1)c1cc(Cl)ccc1Cl. The molecular weight excluding hydrogens is 287 g/mol. The molecule has 1 heterocycles. The molecule has 96 valence electrons. The van der Waals surface area contributed by atoms with Gasteiger partial charge in [-0.05, 0) is 59.0 Å². The fourth-order valence-electron chi connectivity index (χ4n) is 1.86. The van der Waals surface area contributed by atoms with Crippen molar-refractivity contribution in [3.63, 3.8) is 0 Å². The summed E-state index contributed by atoms with van der Waals surface area (Å²) in [6, 6.07) is 7.57. The van der Waals surface area contributed by atoms with Crippen LogP contribution in [0.3, 0.4) is 0 Å². The van der Waals surface area contributed by atoms with Crippen molar-refractivity contribution in [2.24, 2.45) is 5.84 Å². The normalized spacial score (nSPS) is 12.6. The zero-order valence-electron chi connectivity index (χ0n) is 9.70. The predicted molar refractivity (Wildman–Crippen MR) is 79.2 cm³/mol. The molecule has 18 heavy (non-hydrogen) atoms. The molecule has 1 aromatic heterocycles. The van der Waals surface area contributed by atoms with Crippen molar-refractivity contribution in [2.75, 3.05) is 0 Å². The lowest BCUT2D eigenvalue weighted by Crippen LogP contribution is -2.28. The van der Waals surface area contributed by atoms with Crippen LogP contribution >= 0.6 is 34.5 Å². The molecule has 2 aromatic rings. The van der Waals surface area contributed by atoms with Gasteiger partial charge in [-0.15, -0.1) is 0 Å². The summed E-state index contributed by atoms with van der Waals surface area (Å²) in [4.78, 5) is 0. The molecule has 1 aromatic carbocycles. The fraction of sp³-hybridized carbons (Fsp3) is 0.231. The third kappa shape index (κ3) is 3.46. The Labute approximate surface area is 121 Å². The maximum atomic E-state index is 6.18. The molecule has 2 nitrogen and oxygen atoms in total. The molecule has 1 atom stereocenters. The summed E-state index contributed by atoms with van der Waals surface area (Å²) in [5.74, 6) is 5.61. The van der Waals surface area contributed by atoms with Gasteiger partial charge >= 0.3 is 0 Å². The van der Waals surface area contributed by atoms with Crippen molar-refractivity contribution in [1.29, 1.82) is 0 Å². The van der Waals surface area contributed by atoms with Gasteiger partial charge in [0.05, 0.1) is 0 Å². The van der Waals surface area contributed by atoms with E-state index in [-0.39, 0.29) is 6.04 Å². The van der Waals surface area contributed by atoms with Crippen LogP contribution in [-0.4, -0.2) is 0 Å². The highest BCUT2D eigenvalue weighted by Crippen LogP contribution is 2.28. The van der Waals surface area contributed by atoms with Gasteiger partial charge in [0.25, 0.3) is 0 Å². The van der Waals surface area contributed by atoms with Gasteiger partial charge in [-0.25, -0.2) is 0 Å². The number of halogens is 2. The van der Waals surface area contributed by atoms with E-state index in [1.165, 1.54) is 5.56 Å². The number of aryl methyl sites for hydroxylation is 1. The van der Waals surface area contributed by atoms with Gasteiger partial charge in [0, 0.05) is 16.1 Å². The van der Waals surface area contributed by atoms with Crippen molar-refractivity contribution in [3.8, 4) is 0 Å². The van der Waals surface area contributed by atoms with Gasteiger partial charge in [0.15, 0.2) is 0 Å². The average molecular weight is 301 g/mol. The molecule has 0 spiro atoms. The quantitative estimate of drug-likeness (QED) is 0.642. The Balaban J connectivity index is 2.10. The molecule has 0 saturated carbocycles. The van der Waals surface area contributed by atoms with Crippen LogP contribution in [0.25, 0.3) is 0 Å². The fourth-order valence-corrected chi connectivity index (χ4v) is 2.99. The topological polar surface area (TPSA) is 38.0 Å². The molecule has 2 rings (SSSR count). The molecule has 0 fully saturated rings. The minimum absolute atomic E-state index is 0.0103. The average Bonchev–Trinajstić information content (AvgIpc) is 2.87.